The van der Waals surface area contributed by atoms with Crippen molar-refractivity contribution in [3.05, 3.63) is 52.0 Å². The van der Waals surface area contributed by atoms with Crippen LogP contribution in [0, 0.1) is 13.8 Å². The summed E-state index contributed by atoms with van der Waals surface area (Å²) in [5, 5.41) is 6.16. The van der Waals surface area contributed by atoms with E-state index in [0.717, 1.165) is 44.7 Å². The number of aromatic nitrogens is 2. The molecule has 0 bridgehead atoms. The van der Waals surface area contributed by atoms with Gasteiger partial charge in [0.2, 0.25) is 0 Å². The number of nitrogens with zero attached hydrogens (tertiary/aromatic N) is 1. The zero-order chi connectivity index (χ0) is 18.0. The number of anilines is 1. The first-order valence-corrected chi connectivity index (χ1v) is 8.91. The second-order valence-corrected chi connectivity index (χ2v) is 6.74. The number of hydrogen-bond donors (Lipinski definition) is 2. The van der Waals surface area contributed by atoms with Gasteiger partial charge in [0.15, 0.2) is 10.9 Å². The average molecular weight is 355 g/mol. The zero-order valence-corrected chi connectivity index (χ0v) is 15.6. The van der Waals surface area contributed by atoms with Gasteiger partial charge in [0.25, 0.3) is 0 Å². The maximum absolute atomic E-state index is 11.8. The highest BCUT2D eigenvalue weighted by molar-refractivity contribution is 7.14. The molecule has 0 fully saturated rings. The van der Waals surface area contributed by atoms with Crippen molar-refractivity contribution in [3.8, 4) is 17.1 Å². The predicted molar refractivity (Wildman–Crippen MR) is 102 cm³/mol. The van der Waals surface area contributed by atoms with E-state index in [9.17, 15) is 4.79 Å². The summed E-state index contributed by atoms with van der Waals surface area (Å²) in [6.07, 6.45) is 0. The van der Waals surface area contributed by atoms with Crippen LogP contribution in [0.3, 0.4) is 0 Å². The molecule has 3 aromatic rings. The first kappa shape index (κ1) is 17.2. The Balaban J connectivity index is 1.79. The Morgan fingerprint density at radius 2 is 2.08 bits per heavy atom. The molecule has 0 amide bonds. The van der Waals surface area contributed by atoms with Crippen molar-refractivity contribution in [2.24, 2.45) is 0 Å². The third-order valence-electron chi connectivity index (χ3n) is 4.17. The van der Waals surface area contributed by atoms with Crippen LogP contribution in [-0.2, 0) is 6.54 Å². The van der Waals surface area contributed by atoms with Gasteiger partial charge < -0.3 is 15.0 Å². The molecule has 1 aromatic carbocycles. The van der Waals surface area contributed by atoms with Crippen LogP contribution in [0.5, 0.6) is 5.75 Å². The molecule has 0 spiro atoms. The molecule has 0 atom stereocenters. The van der Waals surface area contributed by atoms with Crippen LogP contribution in [0.15, 0.2) is 29.6 Å². The van der Waals surface area contributed by atoms with Crippen LogP contribution in [-0.4, -0.2) is 22.9 Å². The number of carbonyl (C=O) groups is 1. The number of methoxy groups -OCH3 is 1. The van der Waals surface area contributed by atoms with E-state index in [4.69, 9.17) is 4.74 Å². The molecule has 2 N–H and O–H groups in total. The quantitative estimate of drug-likeness (QED) is 0.635. The van der Waals surface area contributed by atoms with Crippen LogP contribution >= 0.6 is 11.3 Å². The summed E-state index contributed by atoms with van der Waals surface area (Å²) in [4.78, 5) is 19.7. The minimum atomic E-state index is 0.0715. The molecule has 0 aliphatic rings. The van der Waals surface area contributed by atoms with Gasteiger partial charge in [-0.2, -0.15) is 0 Å². The minimum absolute atomic E-state index is 0.0715. The van der Waals surface area contributed by atoms with Crippen molar-refractivity contribution in [2.45, 2.75) is 27.3 Å². The van der Waals surface area contributed by atoms with Crippen molar-refractivity contribution in [2.75, 3.05) is 12.4 Å². The number of thiazole rings is 1. The normalized spacial score (nSPS) is 10.7. The summed E-state index contributed by atoms with van der Waals surface area (Å²) >= 11 is 1.54. The summed E-state index contributed by atoms with van der Waals surface area (Å²) in [5.41, 5.74) is 5.42. The largest absolute Gasteiger partial charge is 0.496 e. The zero-order valence-electron chi connectivity index (χ0n) is 14.8. The lowest BCUT2D eigenvalue weighted by Crippen LogP contribution is -2.01. The average Bonchev–Trinajstić information content (AvgIpc) is 3.17. The molecule has 3 rings (SSSR count). The predicted octanol–water partition coefficient (Wildman–Crippen LogP) is 4.58. The number of hydrogen-bond acceptors (Lipinski definition) is 5. The summed E-state index contributed by atoms with van der Waals surface area (Å²) in [6.45, 7) is 6.10. The number of Topliss-reactive ketones (excluding diaryl/α,β-unsaturated/α-hetero) is 1. The standard InChI is InChI=1S/C19H21N3O2S/c1-11-17(13(3)23)12(2)21-18(11)15-10-25-19(22-15)20-9-14-7-5-6-8-16(14)24-4/h5-8,10,21H,9H2,1-4H3,(H,20,22). The molecule has 6 heteroatoms. The molecule has 0 aliphatic heterocycles. The van der Waals surface area contributed by atoms with E-state index >= 15 is 0 Å². The Morgan fingerprint density at radius 3 is 2.76 bits per heavy atom. The minimum Gasteiger partial charge on any atom is -0.496 e. The summed E-state index contributed by atoms with van der Waals surface area (Å²) in [5.74, 6) is 0.927. The van der Waals surface area contributed by atoms with Crippen molar-refractivity contribution in [1.82, 2.24) is 9.97 Å². The van der Waals surface area contributed by atoms with Gasteiger partial charge in [-0.25, -0.2) is 4.98 Å². The number of aryl methyl sites for hydroxylation is 1. The molecular weight excluding hydrogens is 334 g/mol. The Morgan fingerprint density at radius 1 is 1.32 bits per heavy atom. The van der Waals surface area contributed by atoms with E-state index in [1.807, 2.05) is 43.5 Å². The Labute approximate surface area is 151 Å². The van der Waals surface area contributed by atoms with Gasteiger partial charge >= 0.3 is 0 Å². The Kier molecular flexibility index (Phi) is 4.90. The molecule has 5 nitrogen and oxygen atoms in total. The lowest BCUT2D eigenvalue weighted by molar-refractivity contribution is 0.101. The molecule has 0 radical (unpaired) electrons. The number of H-pyrrole nitrogens is 1. The van der Waals surface area contributed by atoms with Crippen molar-refractivity contribution in [1.29, 1.82) is 0 Å². The number of rotatable bonds is 6. The van der Waals surface area contributed by atoms with E-state index < -0.39 is 0 Å². The number of para-hydroxylation sites is 1. The highest BCUT2D eigenvalue weighted by Gasteiger charge is 2.18. The molecule has 130 valence electrons. The molecule has 0 saturated heterocycles. The lowest BCUT2D eigenvalue weighted by Gasteiger charge is -2.08. The third-order valence-corrected chi connectivity index (χ3v) is 4.97. The van der Waals surface area contributed by atoms with Crippen LogP contribution in [0.2, 0.25) is 0 Å². The van der Waals surface area contributed by atoms with Crippen LogP contribution in [0.4, 0.5) is 5.13 Å². The molecule has 2 heterocycles. The van der Waals surface area contributed by atoms with E-state index in [0.29, 0.717) is 6.54 Å². The maximum atomic E-state index is 11.8. The van der Waals surface area contributed by atoms with Gasteiger partial charge in [0, 0.05) is 28.7 Å². The second kappa shape index (κ2) is 7.11. The highest BCUT2D eigenvalue weighted by Crippen LogP contribution is 2.30. The number of carbonyl (C=O) groups excluding carboxylic acids is 1. The van der Waals surface area contributed by atoms with E-state index in [-0.39, 0.29) is 5.78 Å². The number of aromatic amines is 1. The smallest absolute Gasteiger partial charge is 0.183 e. The first-order valence-electron chi connectivity index (χ1n) is 8.03. The number of ketones is 1. The van der Waals surface area contributed by atoms with Gasteiger partial charge in [-0.1, -0.05) is 18.2 Å². The monoisotopic (exact) mass is 355 g/mol. The lowest BCUT2D eigenvalue weighted by atomic mass is 10.1. The fraction of sp³-hybridized carbons (Fsp3) is 0.263. The van der Waals surface area contributed by atoms with E-state index in [1.165, 1.54) is 0 Å². The van der Waals surface area contributed by atoms with Gasteiger partial charge in [0.05, 0.1) is 12.8 Å². The number of nitrogens with one attached hydrogen (secondary N) is 2. The molecule has 0 saturated carbocycles. The molecule has 0 unspecified atom stereocenters. The highest BCUT2D eigenvalue weighted by atomic mass is 32.1. The fourth-order valence-corrected chi connectivity index (χ4v) is 3.72. The topological polar surface area (TPSA) is 67.0 Å². The second-order valence-electron chi connectivity index (χ2n) is 5.88. The van der Waals surface area contributed by atoms with Gasteiger partial charge in [0.1, 0.15) is 11.4 Å². The summed E-state index contributed by atoms with van der Waals surface area (Å²) in [7, 11) is 1.67. The maximum Gasteiger partial charge on any atom is 0.183 e. The summed E-state index contributed by atoms with van der Waals surface area (Å²) < 4.78 is 5.37. The molecule has 0 aliphatic carbocycles. The fourth-order valence-electron chi connectivity index (χ4n) is 3.02. The van der Waals surface area contributed by atoms with Gasteiger partial charge in [-0.3, -0.25) is 4.79 Å². The third kappa shape index (κ3) is 3.44. The van der Waals surface area contributed by atoms with Crippen LogP contribution in [0.1, 0.15) is 34.1 Å². The number of ether oxygens (including phenoxy) is 1. The van der Waals surface area contributed by atoms with Crippen LogP contribution < -0.4 is 10.1 Å². The first-order chi connectivity index (χ1) is 12.0. The van der Waals surface area contributed by atoms with Crippen molar-refractivity contribution < 1.29 is 9.53 Å². The SMILES string of the molecule is COc1ccccc1CNc1nc(-c2[nH]c(C)c(C(C)=O)c2C)cs1. The van der Waals surface area contributed by atoms with E-state index in [1.54, 1.807) is 25.4 Å². The van der Waals surface area contributed by atoms with Crippen molar-refractivity contribution >= 4 is 22.3 Å². The van der Waals surface area contributed by atoms with E-state index in [2.05, 4.69) is 15.3 Å². The van der Waals surface area contributed by atoms with Crippen molar-refractivity contribution in [3.63, 3.8) is 0 Å². The molecule has 2 aromatic heterocycles. The van der Waals surface area contributed by atoms with Gasteiger partial charge in [-0.15, -0.1) is 11.3 Å². The molecule has 25 heavy (non-hydrogen) atoms. The van der Waals surface area contributed by atoms with Gasteiger partial charge in [-0.05, 0) is 32.4 Å². The molecular formula is C19H21N3O2S. The van der Waals surface area contributed by atoms with Crippen LogP contribution in [0.25, 0.3) is 11.4 Å². The Bertz CT molecular complexity index is 911. The Hall–Kier alpha value is -2.60. The number of benzene rings is 1. The summed E-state index contributed by atoms with van der Waals surface area (Å²) in [6, 6.07) is 7.91.